The zero-order valence-corrected chi connectivity index (χ0v) is 17.5. The molecule has 32 heavy (non-hydrogen) atoms. The Morgan fingerprint density at radius 1 is 1.19 bits per heavy atom. The standard InChI is InChI=1S/C23H23F3N2O4/c1-14-27-18-5-6-19-21(20(18)31-14)32-17(13-30-19)12-28-9-7-22(29,8-10-28)15-3-2-4-16(11-15)23(24,25)26/h2-6,11,17,29H,7-10,12-13H2,1H3. The molecular weight excluding hydrogens is 425 g/mol. The molecule has 1 N–H and O–H groups in total. The second-order valence-electron chi connectivity index (χ2n) is 8.44. The van der Waals surface area contributed by atoms with Gasteiger partial charge in [-0.15, -0.1) is 0 Å². The van der Waals surface area contributed by atoms with Crippen molar-refractivity contribution in [2.75, 3.05) is 26.2 Å². The molecule has 0 saturated carbocycles. The largest absolute Gasteiger partial charge is 0.486 e. The molecule has 0 radical (unpaired) electrons. The Labute approximate surface area is 182 Å². The van der Waals surface area contributed by atoms with Crippen molar-refractivity contribution in [1.29, 1.82) is 0 Å². The number of fused-ring (bicyclic) bond motifs is 3. The predicted molar refractivity (Wildman–Crippen MR) is 110 cm³/mol. The summed E-state index contributed by atoms with van der Waals surface area (Å²) in [6.07, 6.45) is -4.00. The molecule has 0 aliphatic carbocycles. The van der Waals surface area contributed by atoms with Crippen LogP contribution in [-0.2, 0) is 11.8 Å². The van der Waals surface area contributed by atoms with E-state index in [0.717, 1.165) is 12.1 Å². The van der Waals surface area contributed by atoms with Gasteiger partial charge in [0, 0.05) is 26.6 Å². The molecule has 2 aliphatic rings. The summed E-state index contributed by atoms with van der Waals surface area (Å²) >= 11 is 0. The van der Waals surface area contributed by atoms with Crippen LogP contribution in [0.4, 0.5) is 13.2 Å². The minimum Gasteiger partial charge on any atom is -0.486 e. The fourth-order valence-corrected chi connectivity index (χ4v) is 4.43. The molecular formula is C23H23F3N2O4. The molecule has 1 aromatic heterocycles. The maximum atomic E-state index is 13.1. The third-order valence-electron chi connectivity index (χ3n) is 6.16. The summed E-state index contributed by atoms with van der Waals surface area (Å²) in [4.78, 5) is 6.45. The molecule has 1 unspecified atom stereocenters. The number of likely N-dealkylation sites (tertiary alicyclic amines) is 1. The summed E-state index contributed by atoms with van der Waals surface area (Å²) in [7, 11) is 0. The van der Waals surface area contributed by atoms with Crippen LogP contribution in [0.5, 0.6) is 11.5 Å². The van der Waals surface area contributed by atoms with E-state index >= 15 is 0 Å². The number of rotatable bonds is 3. The van der Waals surface area contributed by atoms with Crippen LogP contribution in [0, 0.1) is 6.92 Å². The first-order valence-electron chi connectivity index (χ1n) is 10.5. The van der Waals surface area contributed by atoms with Gasteiger partial charge in [0.25, 0.3) is 0 Å². The Hall–Kier alpha value is -2.78. The lowest BCUT2D eigenvalue weighted by atomic mass is 9.83. The monoisotopic (exact) mass is 448 g/mol. The molecule has 1 atom stereocenters. The maximum absolute atomic E-state index is 13.1. The van der Waals surface area contributed by atoms with Crippen molar-refractivity contribution < 1.29 is 32.2 Å². The van der Waals surface area contributed by atoms with E-state index in [4.69, 9.17) is 13.9 Å². The first kappa shape index (κ1) is 21.1. The van der Waals surface area contributed by atoms with E-state index in [1.807, 2.05) is 12.1 Å². The van der Waals surface area contributed by atoms with Gasteiger partial charge in [-0.1, -0.05) is 12.1 Å². The Balaban J connectivity index is 1.25. The van der Waals surface area contributed by atoms with Gasteiger partial charge >= 0.3 is 6.18 Å². The van der Waals surface area contributed by atoms with Crippen LogP contribution in [0.3, 0.4) is 0 Å². The van der Waals surface area contributed by atoms with Crippen molar-refractivity contribution in [2.24, 2.45) is 0 Å². The number of alkyl halides is 3. The third kappa shape index (κ3) is 3.91. The summed E-state index contributed by atoms with van der Waals surface area (Å²) in [6, 6.07) is 8.62. The fourth-order valence-electron chi connectivity index (χ4n) is 4.43. The second kappa shape index (κ2) is 7.67. The van der Waals surface area contributed by atoms with Crippen molar-refractivity contribution in [1.82, 2.24) is 9.88 Å². The smallest absolute Gasteiger partial charge is 0.416 e. The molecule has 3 heterocycles. The van der Waals surface area contributed by atoms with Crippen LogP contribution >= 0.6 is 0 Å². The van der Waals surface area contributed by atoms with Crippen molar-refractivity contribution >= 4 is 11.1 Å². The molecule has 0 bridgehead atoms. The molecule has 170 valence electrons. The minimum absolute atomic E-state index is 0.238. The molecule has 5 rings (SSSR count). The Morgan fingerprint density at radius 2 is 1.97 bits per heavy atom. The van der Waals surface area contributed by atoms with Crippen molar-refractivity contribution in [3.63, 3.8) is 0 Å². The van der Waals surface area contributed by atoms with E-state index in [1.165, 1.54) is 6.07 Å². The SMILES string of the molecule is Cc1nc2ccc3c(c2o1)OC(CN1CCC(O)(c2cccc(C(F)(F)F)c2)CC1)CO3. The zero-order valence-electron chi connectivity index (χ0n) is 17.5. The summed E-state index contributed by atoms with van der Waals surface area (Å²) < 4.78 is 56.9. The lowest BCUT2D eigenvalue weighted by molar-refractivity contribution is -0.137. The number of hydrogen-bond donors (Lipinski definition) is 1. The Kier molecular flexibility index (Phi) is 5.05. The minimum atomic E-state index is -4.44. The first-order chi connectivity index (χ1) is 15.2. The van der Waals surface area contributed by atoms with E-state index in [2.05, 4.69) is 9.88 Å². The predicted octanol–water partition coefficient (Wildman–Crippen LogP) is 4.28. The quantitative estimate of drug-likeness (QED) is 0.645. The van der Waals surface area contributed by atoms with E-state index in [0.29, 0.717) is 73.1 Å². The van der Waals surface area contributed by atoms with Gasteiger partial charge in [0.05, 0.1) is 11.2 Å². The lowest BCUT2D eigenvalue weighted by Gasteiger charge is -2.40. The van der Waals surface area contributed by atoms with Crippen LogP contribution in [0.25, 0.3) is 11.1 Å². The van der Waals surface area contributed by atoms with Gasteiger partial charge in [-0.2, -0.15) is 13.2 Å². The lowest BCUT2D eigenvalue weighted by Crippen LogP contribution is -2.48. The van der Waals surface area contributed by atoms with E-state index in [1.54, 1.807) is 13.0 Å². The Bertz CT molecular complexity index is 1140. The number of aryl methyl sites for hydroxylation is 1. The topological polar surface area (TPSA) is 68.0 Å². The van der Waals surface area contributed by atoms with Gasteiger partial charge in [-0.05, 0) is 42.7 Å². The third-order valence-corrected chi connectivity index (χ3v) is 6.16. The van der Waals surface area contributed by atoms with Crippen LogP contribution < -0.4 is 9.47 Å². The average molecular weight is 448 g/mol. The maximum Gasteiger partial charge on any atom is 0.416 e. The number of piperidine rings is 1. The van der Waals surface area contributed by atoms with Crippen LogP contribution in [-0.4, -0.2) is 47.3 Å². The van der Waals surface area contributed by atoms with Gasteiger partial charge in [0.15, 0.2) is 11.6 Å². The molecule has 6 nitrogen and oxygen atoms in total. The van der Waals surface area contributed by atoms with E-state index < -0.39 is 17.3 Å². The van der Waals surface area contributed by atoms with Crippen LogP contribution in [0.2, 0.25) is 0 Å². The number of oxazole rings is 1. The van der Waals surface area contributed by atoms with Gasteiger partial charge in [0.2, 0.25) is 11.3 Å². The van der Waals surface area contributed by atoms with Crippen LogP contribution in [0.1, 0.15) is 29.9 Å². The number of ether oxygens (including phenoxy) is 2. The molecule has 0 amide bonds. The molecule has 9 heteroatoms. The zero-order chi connectivity index (χ0) is 22.5. The number of halogens is 3. The molecule has 3 aromatic rings. The summed E-state index contributed by atoms with van der Waals surface area (Å²) in [5.74, 6) is 1.70. The number of hydrogen-bond acceptors (Lipinski definition) is 6. The molecule has 0 spiro atoms. The molecule has 2 aliphatic heterocycles. The highest BCUT2D eigenvalue weighted by Gasteiger charge is 2.38. The highest BCUT2D eigenvalue weighted by atomic mass is 19.4. The highest BCUT2D eigenvalue weighted by Crippen LogP contribution is 2.40. The second-order valence-corrected chi connectivity index (χ2v) is 8.44. The van der Waals surface area contributed by atoms with Crippen molar-refractivity contribution in [2.45, 2.75) is 37.6 Å². The van der Waals surface area contributed by atoms with Gasteiger partial charge in [0.1, 0.15) is 18.2 Å². The van der Waals surface area contributed by atoms with Crippen LogP contribution in [0.15, 0.2) is 40.8 Å². The number of benzene rings is 2. The number of aromatic nitrogens is 1. The summed E-state index contributed by atoms with van der Waals surface area (Å²) in [6.45, 7) is 3.78. The van der Waals surface area contributed by atoms with Gasteiger partial charge in [-0.25, -0.2) is 4.98 Å². The van der Waals surface area contributed by atoms with E-state index in [-0.39, 0.29) is 6.10 Å². The first-order valence-corrected chi connectivity index (χ1v) is 10.5. The number of nitrogens with zero attached hydrogens (tertiary/aromatic N) is 2. The summed E-state index contributed by atoms with van der Waals surface area (Å²) in [5, 5.41) is 11.0. The highest BCUT2D eigenvalue weighted by molar-refractivity contribution is 5.83. The van der Waals surface area contributed by atoms with Gasteiger partial charge < -0.3 is 19.0 Å². The fraction of sp³-hybridized carbons (Fsp3) is 0.435. The Morgan fingerprint density at radius 3 is 2.72 bits per heavy atom. The molecule has 1 saturated heterocycles. The number of aliphatic hydroxyl groups is 1. The average Bonchev–Trinajstić information content (AvgIpc) is 3.16. The van der Waals surface area contributed by atoms with Crippen molar-refractivity contribution in [3.8, 4) is 11.5 Å². The van der Waals surface area contributed by atoms with Gasteiger partial charge in [-0.3, -0.25) is 4.90 Å². The molecule has 2 aromatic carbocycles. The summed E-state index contributed by atoms with van der Waals surface area (Å²) in [5.41, 5.74) is -0.456. The normalized spacial score (nSPS) is 21.1. The van der Waals surface area contributed by atoms with Crippen molar-refractivity contribution in [3.05, 3.63) is 53.4 Å². The molecule has 1 fully saturated rings. The van der Waals surface area contributed by atoms with E-state index in [9.17, 15) is 18.3 Å².